The Morgan fingerprint density at radius 3 is 2.93 bits per heavy atom. The van der Waals surface area contributed by atoms with E-state index in [0.717, 1.165) is 25.6 Å². The molecule has 14 heavy (non-hydrogen) atoms. The lowest BCUT2D eigenvalue weighted by molar-refractivity contribution is -0.137. The van der Waals surface area contributed by atoms with Gasteiger partial charge in [0.2, 0.25) is 0 Å². The van der Waals surface area contributed by atoms with Crippen LogP contribution in [0.2, 0.25) is 0 Å². The van der Waals surface area contributed by atoms with E-state index in [2.05, 4.69) is 4.90 Å². The van der Waals surface area contributed by atoms with Crippen LogP contribution >= 0.6 is 0 Å². The molecular weight excluding hydrogens is 182 g/mol. The summed E-state index contributed by atoms with van der Waals surface area (Å²) in [7, 11) is 0. The Bertz CT molecular complexity index is 215. The van der Waals surface area contributed by atoms with Crippen LogP contribution in [0, 0.1) is 0 Å². The fourth-order valence-corrected chi connectivity index (χ4v) is 2.09. The van der Waals surface area contributed by atoms with E-state index >= 15 is 0 Å². The zero-order chi connectivity index (χ0) is 9.97. The van der Waals surface area contributed by atoms with Gasteiger partial charge in [-0.1, -0.05) is 0 Å². The van der Waals surface area contributed by atoms with Gasteiger partial charge in [-0.05, 0) is 19.3 Å². The van der Waals surface area contributed by atoms with Crippen molar-refractivity contribution in [2.45, 2.75) is 37.8 Å². The minimum atomic E-state index is -0.702. The molecule has 0 bridgehead atoms. The molecule has 1 aliphatic heterocycles. The summed E-state index contributed by atoms with van der Waals surface area (Å²) in [6, 6.07) is 1.06. The van der Waals surface area contributed by atoms with E-state index in [1.807, 2.05) is 0 Å². The van der Waals surface area contributed by atoms with Gasteiger partial charge in [-0.15, -0.1) is 0 Å². The standard InChI is InChI=1S/C10H17NO3/c12-10(13)4-3-9-7-14-6-5-11(9)8-1-2-8/h8-9H,1-7H2,(H,12,13). The predicted octanol–water partition coefficient (Wildman–Crippen LogP) is 0.714. The van der Waals surface area contributed by atoms with Crippen LogP contribution in [0.1, 0.15) is 25.7 Å². The summed E-state index contributed by atoms with van der Waals surface area (Å²) in [6.07, 6.45) is 3.55. The van der Waals surface area contributed by atoms with E-state index in [-0.39, 0.29) is 6.42 Å². The van der Waals surface area contributed by atoms with Crippen LogP contribution in [0.4, 0.5) is 0 Å². The van der Waals surface area contributed by atoms with Gasteiger partial charge in [-0.25, -0.2) is 0 Å². The number of ether oxygens (including phenoxy) is 1. The van der Waals surface area contributed by atoms with Crippen molar-refractivity contribution in [2.24, 2.45) is 0 Å². The lowest BCUT2D eigenvalue weighted by Crippen LogP contribution is -2.46. The van der Waals surface area contributed by atoms with Gasteiger partial charge >= 0.3 is 5.97 Å². The highest BCUT2D eigenvalue weighted by atomic mass is 16.5. The van der Waals surface area contributed by atoms with Crippen LogP contribution < -0.4 is 0 Å². The van der Waals surface area contributed by atoms with Gasteiger partial charge < -0.3 is 9.84 Å². The van der Waals surface area contributed by atoms with Crippen molar-refractivity contribution in [3.8, 4) is 0 Å². The van der Waals surface area contributed by atoms with E-state index < -0.39 is 5.97 Å². The van der Waals surface area contributed by atoms with Crippen LogP contribution in [-0.4, -0.2) is 47.8 Å². The molecule has 1 saturated heterocycles. The zero-order valence-corrected chi connectivity index (χ0v) is 8.32. The van der Waals surface area contributed by atoms with Crippen LogP contribution in [0.25, 0.3) is 0 Å². The van der Waals surface area contributed by atoms with E-state index in [9.17, 15) is 4.79 Å². The molecule has 1 aliphatic carbocycles. The summed E-state index contributed by atoms with van der Waals surface area (Å²) < 4.78 is 5.39. The Kier molecular flexibility index (Phi) is 3.03. The van der Waals surface area contributed by atoms with E-state index in [0.29, 0.717) is 12.6 Å². The molecule has 1 unspecified atom stereocenters. The zero-order valence-electron chi connectivity index (χ0n) is 8.32. The Morgan fingerprint density at radius 1 is 1.50 bits per heavy atom. The molecule has 0 amide bonds. The molecular formula is C10H17NO3. The molecule has 1 N–H and O–H groups in total. The van der Waals surface area contributed by atoms with Gasteiger partial charge in [-0.3, -0.25) is 9.69 Å². The molecule has 0 aromatic carbocycles. The van der Waals surface area contributed by atoms with Crippen molar-refractivity contribution in [1.82, 2.24) is 4.90 Å². The maximum Gasteiger partial charge on any atom is 0.303 e. The number of hydrogen-bond acceptors (Lipinski definition) is 3. The number of carboxylic acid groups (broad SMARTS) is 1. The quantitative estimate of drug-likeness (QED) is 0.724. The highest BCUT2D eigenvalue weighted by Gasteiger charge is 2.35. The first-order valence-corrected chi connectivity index (χ1v) is 5.32. The minimum absolute atomic E-state index is 0.261. The summed E-state index contributed by atoms with van der Waals surface area (Å²) in [5.74, 6) is -0.702. The molecule has 2 rings (SSSR count). The molecule has 0 aromatic rings. The molecule has 4 heteroatoms. The number of morpholine rings is 1. The van der Waals surface area contributed by atoms with Crippen LogP contribution in [0.15, 0.2) is 0 Å². The summed E-state index contributed by atoms with van der Waals surface area (Å²) >= 11 is 0. The average Bonchev–Trinajstić information content (AvgIpc) is 2.98. The molecule has 2 aliphatic rings. The third kappa shape index (κ3) is 2.45. The van der Waals surface area contributed by atoms with Crippen molar-refractivity contribution < 1.29 is 14.6 Å². The molecule has 4 nitrogen and oxygen atoms in total. The first-order chi connectivity index (χ1) is 6.77. The second kappa shape index (κ2) is 4.28. The molecule has 1 saturated carbocycles. The Morgan fingerprint density at radius 2 is 2.29 bits per heavy atom. The monoisotopic (exact) mass is 199 g/mol. The minimum Gasteiger partial charge on any atom is -0.481 e. The lowest BCUT2D eigenvalue weighted by Gasteiger charge is -2.35. The van der Waals surface area contributed by atoms with Crippen molar-refractivity contribution in [3.63, 3.8) is 0 Å². The smallest absolute Gasteiger partial charge is 0.303 e. The number of hydrogen-bond donors (Lipinski definition) is 1. The normalized spacial score (nSPS) is 29.0. The second-order valence-corrected chi connectivity index (χ2v) is 4.13. The number of carbonyl (C=O) groups is 1. The molecule has 0 aromatic heterocycles. The molecule has 0 spiro atoms. The summed E-state index contributed by atoms with van der Waals surface area (Å²) in [6.45, 7) is 2.50. The molecule has 1 atom stereocenters. The average molecular weight is 199 g/mol. The van der Waals surface area contributed by atoms with Crippen LogP contribution in [-0.2, 0) is 9.53 Å². The van der Waals surface area contributed by atoms with Crippen LogP contribution in [0.3, 0.4) is 0 Å². The highest BCUT2D eigenvalue weighted by molar-refractivity contribution is 5.66. The predicted molar refractivity (Wildman–Crippen MR) is 51.2 cm³/mol. The fourth-order valence-electron chi connectivity index (χ4n) is 2.09. The molecule has 0 radical (unpaired) electrons. The number of rotatable bonds is 4. The van der Waals surface area contributed by atoms with E-state index in [1.54, 1.807) is 0 Å². The third-order valence-corrected chi connectivity index (χ3v) is 2.98. The van der Waals surface area contributed by atoms with Gasteiger partial charge in [0.05, 0.1) is 13.2 Å². The number of carboxylic acids is 1. The van der Waals surface area contributed by atoms with Crippen molar-refractivity contribution >= 4 is 5.97 Å². The highest BCUT2D eigenvalue weighted by Crippen LogP contribution is 2.30. The Balaban J connectivity index is 1.82. The number of aliphatic carboxylic acids is 1. The summed E-state index contributed by atoms with van der Waals surface area (Å²) in [5, 5.41) is 8.63. The maximum absolute atomic E-state index is 10.5. The second-order valence-electron chi connectivity index (χ2n) is 4.13. The summed E-state index contributed by atoms with van der Waals surface area (Å²) in [4.78, 5) is 12.9. The largest absolute Gasteiger partial charge is 0.481 e. The van der Waals surface area contributed by atoms with Crippen molar-refractivity contribution in [2.75, 3.05) is 19.8 Å². The van der Waals surface area contributed by atoms with E-state index in [4.69, 9.17) is 9.84 Å². The van der Waals surface area contributed by atoms with Gasteiger partial charge in [0, 0.05) is 25.0 Å². The third-order valence-electron chi connectivity index (χ3n) is 2.98. The Labute approximate surface area is 83.8 Å². The van der Waals surface area contributed by atoms with Crippen molar-refractivity contribution in [1.29, 1.82) is 0 Å². The van der Waals surface area contributed by atoms with E-state index in [1.165, 1.54) is 12.8 Å². The first-order valence-electron chi connectivity index (χ1n) is 5.32. The molecule has 2 fully saturated rings. The van der Waals surface area contributed by atoms with Gasteiger partial charge in [0.15, 0.2) is 0 Å². The molecule has 1 heterocycles. The lowest BCUT2D eigenvalue weighted by atomic mass is 10.1. The van der Waals surface area contributed by atoms with Crippen LogP contribution in [0.5, 0.6) is 0 Å². The van der Waals surface area contributed by atoms with Gasteiger partial charge in [0.25, 0.3) is 0 Å². The Hall–Kier alpha value is -0.610. The van der Waals surface area contributed by atoms with Crippen molar-refractivity contribution in [3.05, 3.63) is 0 Å². The van der Waals surface area contributed by atoms with Gasteiger partial charge in [0.1, 0.15) is 0 Å². The fraction of sp³-hybridized carbons (Fsp3) is 0.900. The SMILES string of the molecule is O=C(O)CCC1COCCN1C1CC1. The first kappa shape index (κ1) is 9.93. The number of nitrogens with zero attached hydrogens (tertiary/aromatic N) is 1. The molecule has 80 valence electrons. The van der Waals surface area contributed by atoms with Gasteiger partial charge in [-0.2, -0.15) is 0 Å². The summed E-state index contributed by atoms with van der Waals surface area (Å²) in [5.41, 5.74) is 0. The maximum atomic E-state index is 10.5. The topological polar surface area (TPSA) is 49.8 Å².